The standard InChI is InChI=1S/C12H15F3N2O2/c1-8-3-2-4-9(5-16)11(8)19-6-10(18)17-7-12(13,14)15/h2-4H,5-7,16H2,1H3,(H,17,18). The van der Waals surface area contributed by atoms with E-state index < -0.39 is 25.2 Å². The molecule has 1 amide bonds. The zero-order valence-corrected chi connectivity index (χ0v) is 10.4. The normalized spacial score (nSPS) is 11.2. The predicted octanol–water partition coefficient (Wildman–Crippen LogP) is 1.51. The topological polar surface area (TPSA) is 64.3 Å². The molecule has 0 aromatic heterocycles. The zero-order valence-electron chi connectivity index (χ0n) is 10.4. The number of alkyl halides is 3. The lowest BCUT2D eigenvalue weighted by Crippen LogP contribution is -2.36. The highest BCUT2D eigenvalue weighted by Crippen LogP contribution is 2.22. The number of carbonyl (C=O) groups is 1. The fraction of sp³-hybridized carbons (Fsp3) is 0.417. The molecule has 0 bridgehead atoms. The monoisotopic (exact) mass is 276 g/mol. The van der Waals surface area contributed by atoms with Crippen molar-refractivity contribution in [1.82, 2.24) is 5.32 Å². The van der Waals surface area contributed by atoms with E-state index in [0.29, 0.717) is 11.3 Å². The summed E-state index contributed by atoms with van der Waals surface area (Å²) < 4.78 is 40.9. The molecule has 0 saturated heterocycles. The number of amides is 1. The van der Waals surface area contributed by atoms with E-state index in [2.05, 4.69) is 0 Å². The molecule has 0 spiro atoms. The van der Waals surface area contributed by atoms with Gasteiger partial charge in [0.05, 0.1) is 0 Å². The Hall–Kier alpha value is -1.76. The molecule has 7 heteroatoms. The van der Waals surface area contributed by atoms with E-state index >= 15 is 0 Å². The van der Waals surface area contributed by atoms with Crippen LogP contribution in [0.25, 0.3) is 0 Å². The number of benzene rings is 1. The molecule has 0 unspecified atom stereocenters. The van der Waals surface area contributed by atoms with Crippen molar-refractivity contribution in [2.75, 3.05) is 13.2 Å². The van der Waals surface area contributed by atoms with E-state index in [1.165, 1.54) is 0 Å². The van der Waals surface area contributed by atoms with Crippen LogP contribution < -0.4 is 15.8 Å². The van der Waals surface area contributed by atoms with Gasteiger partial charge in [-0.3, -0.25) is 4.79 Å². The largest absolute Gasteiger partial charge is 0.483 e. The zero-order chi connectivity index (χ0) is 14.5. The Balaban J connectivity index is 2.55. The molecule has 4 nitrogen and oxygen atoms in total. The molecular formula is C12H15F3N2O2. The van der Waals surface area contributed by atoms with E-state index in [-0.39, 0.29) is 6.54 Å². The van der Waals surface area contributed by atoms with Gasteiger partial charge in [0.15, 0.2) is 6.61 Å². The van der Waals surface area contributed by atoms with Crippen LogP contribution in [-0.4, -0.2) is 25.2 Å². The van der Waals surface area contributed by atoms with Gasteiger partial charge in [-0.25, -0.2) is 0 Å². The van der Waals surface area contributed by atoms with Crippen molar-refractivity contribution in [2.45, 2.75) is 19.6 Å². The van der Waals surface area contributed by atoms with Crippen molar-refractivity contribution < 1.29 is 22.7 Å². The van der Waals surface area contributed by atoms with Crippen LogP contribution in [0.15, 0.2) is 18.2 Å². The van der Waals surface area contributed by atoms with Crippen LogP contribution >= 0.6 is 0 Å². The highest BCUT2D eigenvalue weighted by Gasteiger charge is 2.27. The first kappa shape index (κ1) is 15.3. The van der Waals surface area contributed by atoms with Gasteiger partial charge in [-0.05, 0) is 12.5 Å². The summed E-state index contributed by atoms with van der Waals surface area (Å²) in [6.07, 6.45) is -4.43. The summed E-state index contributed by atoms with van der Waals surface area (Å²) in [6, 6.07) is 5.28. The van der Waals surface area contributed by atoms with E-state index in [1.807, 2.05) is 0 Å². The molecule has 1 rings (SSSR count). The fourth-order valence-electron chi connectivity index (χ4n) is 1.47. The van der Waals surface area contributed by atoms with Crippen molar-refractivity contribution in [3.63, 3.8) is 0 Å². The fourth-order valence-corrected chi connectivity index (χ4v) is 1.47. The van der Waals surface area contributed by atoms with E-state index in [4.69, 9.17) is 10.5 Å². The van der Waals surface area contributed by atoms with Crippen molar-refractivity contribution in [2.24, 2.45) is 5.73 Å². The number of aryl methyl sites for hydroxylation is 1. The van der Waals surface area contributed by atoms with Crippen molar-refractivity contribution in [1.29, 1.82) is 0 Å². The number of carbonyl (C=O) groups excluding carboxylic acids is 1. The lowest BCUT2D eigenvalue weighted by molar-refractivity contribution is -0.139. The van der Waals surface area contributed by atoms with Crippen LogP contribution in [0, 0.1) is 6.92 Å². The number of rotatable bonds is 5. The molecule has 0 aliphatic carbocycles. The Morgan fingerprint density at radius 1 is 1.42 bits per heavy atom. The van der Waals surface area contributed by atoms with E-state index in [9.17, 15) is 18.0 Å². The van der Waals surface area contributed by atoms with Crippen LogP contribution in [0.4, 0.5) is 13.2 Å². The number of hydrogen-bond donors (Lipinski definition) is 2. The highest BCUT2D eigenvalue weighted by atomic mass is 19.4. The number of nitrogens with two attached hydrogens (primary N) is 1. The summed E-state index contributed by atoms with van der Waals surface area (Å²) >= 11 is 0. The third-order valence-corrected chi connectivity index (χ3v) is 2.35. The minimum absolute atomic E-state index is 0.223. The van der Waals surface area contributed by atoms with Crippen molar-refractivity contribution in [3.8, 4) is 5.75 Å². The summed E-state index contributed by atoms with van der Waals surface area (Å²) in [5.41, 5.74) is 6.98. The Morgan fingerprint density at radius 3 is 2.68 bits per heavy atom. The van der Waals surface area contributed by atoms with Crippen molar-refractivity contribution in [3.05, 3.63) is 29.3 Å². The SMILES string of the molecule is Cc1cccc(CN)c1OCC(=O)NCC(F)(F)F. The maximum Gasteiger partial charge on any atom is 0.405 e. The molecule has 0 heterocycles. The third-order valence-electron chi connectivity index (χ3n) is 2.35. The van der Waals surface area contributed by atoms with Gasteiger partial charge in [-0.2, -0.15) is 13.2 Å². The van der Waals surface area contributed by atoms with Gasteiger partial charge in [0.25, 0.3) is 5.91 Å². The second-order valence-corrected chi connectivity index (χ2v) is 3.95. The molecule has 1 aromatic rings. The van der Waals surface area contributed by atoms with Crippen LogP contribution in [0.1, 0.15) is 11.1 Å². The van der Waals surface area contributed by atoms with Gasteiger partial charge in [0.1, 0.15) is 12.3 Å². The number of para-hydroxylation sites is 1. The van der Waals surface area contributed by atoms with Crippen LogP contribution in [0.2, 0.25) is 0 Å². The van der Waals surface area contributed by atoms with Gasteiger partial charge in [0.2, 0.25) is 0 Å². The first-order valence-corrected chi connectivity index (χ1v) is 5.58. The van der Waals surface area contributed by atoms with Crippen LogP contribution in [0.5, 0.6) is 5.75 Å². The van der Waals surface area contributed by atoms with Gasteiger partial charge in [-0.1, -0.05) is 18.2 Å². The molecule has 3 N–H and O–H groups in total. The van der Waals surface area contributed by atoms with Crippen LogP contribution in [0.3, 0.4) is 0 Å². The van der Waals surface area contributed by atoms with Gasteiger partial charge in [-0.15, -0.1) is 0 Å². The van der Waals surface area contributed by atoms with Crippen LogP contribution in [-0.2, 0) is 11.3 Å². The first-order chi connectivity index (χ1) is 8.83. The molecule has 0 radical (unpaired) electrons. The molecular weight excluding hydrogens is 261 g/mol. The predicted molar refractivity (Wildman–Crippen MR) is 63.6 cm³/mol. The first-order valence-electron chi connectivity index (χ1n) is 5.58. The number of nitrogens with one attached hydrogen (secondary N) is 1. The quantitative estimate of drug-likeness (QED) is 0.856. The van der Waals surface area contributed by atoms with Gasteiger partial charge >= 0.3 is 6.18 Å². The summed E-state index contributed by atoms with van der Waals surface area (Å²) in [7, 11) is 0. The average molecular weight is 276 g/mol. The second kappa shape index (κ2) is 6.42. The molecule has 0 aliphatic heterocycles. The second-order valence-electron chi connectivity index (χ2n) is 3.95. The Kier molecular flexibility index (Phi) is 5.17. The van der Waals surface area contributed by atoms with Crippen molar-refractivity contribution >= 4 is 5.91 Å². The maximum atomic E-state index is 11.9. The molecule has 106 valence electrons. The number of hydrogen-bond acceptors (Lipinski definition) is 3. The van der Waals surface area contributed by atoms with Gasteiger partial charge < -0.3 is 15.8 Å². The smallest absolute Gasteiger partial charge is 0.405 e. The lowest BCUT2D eigenvalue weighted by atomic mass is 10.1. The Morgan fingerprint density at radius 2 is 2.11 bits per heavy atom. The number of ether oxygens (including phenoxy) is 1. The molecule has 0 saturated carbocycles. The number of halogens is 3. The average Bonchev–Trinajstić information content (AvgIpc) is 2.33. The summed E-state index contributed by atoms with van der Waals surface area (Å²) in [5, 5.41) is 1.73. The molecule has 19 heavy (non-hydrogen) atoms. The lowest BCUT2D eigenvalue weighted by Gasteiger charge is -2.13. The highest BCUT2D eigenvalue weighted by molar-refractivity contribution is 5.77. The minimum atomic E-state index is -4.43. The summed E-state index contributed by atoms with van der Waals surface area (Å²) in [5.74, 6) is -0.393. The maximum absolute atomic E-state index is 11.9. The van der Waals surface area contributed by atoms with E-state index in [1.54, 1.807) is 30.4 Å². The molecule has 0 aliphatic rings. The Labute approximate surface area is 108 Å². The molecule has 0 atom stereocenters. The third kappa shape index (κ3) is 5.17. The summed E-state index contributed by atoms with van der Waals surface area (Å²) in [4.78, 5) is 11.2. The minimum Gasteiger partial charge on any atom is -0.483 e. The molecule has 0 fully saturated rings. The molecule has 1 aromatic carbocycles. The summed E-state index contributed by atoms with van der Waals surface area (Å²) in [6.45, 7) is 0.143. The van der Waals surface area contributed by atoms with Gasteiger partial charge in [0, 0.05) is 12.1 Å². The Bertz CT molecular complexity index is 447. The van der Waals surface area contributed by atoms with E-state index in [0.717, 1.165) is 5.56 Å².